The third-order valence-corrected chi connectivity index (χ3v) is 6.46. The molecule has 158 valence electrons. The maximum absolute atomic E-state index is 12.7. The van der Waals surface area contributed by atoms with Crippen LogP contribution in [-0.2, 0) is 14.8 Å². The first-order valence-electron chi connectivity index (χ1n) is 9.38. The summed E-state index contributed by atoms with van der Waals surface area (Å²) in [7, 11) is -2.07. The number of esters is 1. The van der Waals surface area contributed by atoms with Crippen molar-refractivity contribution in [2.24, 2.45) is 0 Å². The quantitative estimate of drug-likeness (QED) is 0.433. The summed E-state index contributed by atoms with van der Waals surface area (Å²) < 4.78 is 42.6. The molecule has 0 heterocycles. The zero-order valence-electron chi connectivity index (χ0n) is 17.2. The van der Waals surface area contributed by atoms with Gasteiger partial charge >= 0.3 is 5.97 Å². The topological polar surface area (TPSA) is 82.1 Å². The van der Waals surface area contributed by atoms with Gasteiger partial charge in [-0.25, -0.2) is 13.2 Å². The van der Waals surface area contributed by atoms with Gasteiger partial charge in [0.05, 0.1) is 17.6 Å². The van der Waals surface area contributed by atoms with Crippen molar-refractivity contribution in [2.45, 2.75) is 25.7 Å². The summed E-state index contributed by atoms with van der Waals surface area (Å²) in [5.41, 5.74) is 0.868. The van der Waals surface area contributed by atoms with Crippen LogP contribution in [-0.4, -0.2) is 52.1 Å². The van der Waals surface area contributed by atoms with Gasteiger partial charge in [-0.3, -0.25) is 0 Å². The Morgan fingerprint density at radius 1 is 0.966 bits per heavy atom. The van der Waals surface area contributed by atoms with Gasteiger partial charge in [-0.05, 0) is 48.9 Å². The van der Waals surface area contributed by atoms with Gasteiger partial charge in [-0.2, -0.15) is 4.31 Å². The second-order valence-electron chi connectivity index (χ2n) is 6.23. The SMILES string of the molecule is CCN(CC)S(=O)(=O)c1ccc(C)c(C(=O)OCCOc2ccc(OC)cc2)c1. The fourth-order valence-electron chi connectivity index (χ4n) is 2.74. The molecule has 0 atom stereocenters. The fourth-order valence-corrected chi connectivity index (χ4v) is 4.22. The lowest BCUT2D eigenvalue weighted by Crippen LogP contribution is -2.30. The van der Waals surface area contributed by atoms with Gasteiger partial charge in [0.1, 0.15) is 24.7 Å². The van der Waals surface area contributed by atoms with Crippen molar-refractivity contribution < 1.29 is 27.4 Å². The van der Waals surface area contributed by atoms with E-state index < -0.39 is 16.0 Å². The third-order valence-electron chi connectivity index (χ3n) is 4.42. The second kappa shape index (κ2) is 10.3. The molecule has 0 aliphatic carbocycles. The Morgan fingerprint density at radius 2 is 1.59 bits per heavy atom. The number of rotatable bonds is 10. The molecule has 0 fully saturated rings. The zero-order chi connectivity index (χ0) is 21.4. The van der Waals surface area contributed by atoms with Crippen molar-refractivity contribution in [3.8, 4) is 11.5 Å². The van der Waals surface area contributed by atoms with Crippen LogP contribution in [0.5, 0.6) is 11.5 Å². The van der Waals surface area contributed by atoms with Gasteiger partial charge in [-0.15, -0.1) is 0 Å². The minimum Gasteiger partial charge on any atom is -0.497 e. The number of ether oxygens (including phenoxy) is 3. The van der Waals surface area contributed by atoms with Crippen molar-refractivity contribution in [1.29, 1.82) is 0 Å². The summed E-state index contributed by atoms with van der Waals surface area (Å²) in [5.74, 6) is 0.765. The van der Waals surface area contributed by atoms with Crippen LogP contribution in [0.1, 0.15) is 29.8 Å². The van der Waals surface area contributed by atoms with Gasteiger partial charge in [0.2, 0.25) is 10.0 Å². The van der Waals surface area contributed by atoms with E-state index in [1.807, 2.05) is 0 Å². The number of sulfonamides is 1. The van der Waals surface area contributed by atoms with Crippen LogP contribution in [0.3, 0.4) is 0 Å². The number of carbonyl (C=O) groups is 1. The average molecular weight is 422 g/mol. The summed E-state index contributed by atoms with van der Waals surface area (Å²) in [6.07, 6.45) is 0. The number of methoxy groups -OCH3 is 1. The fraction of sp³-hybridized carbons (Fsp3) is 0.381. The Hall–Kier alpha value is -2.58. The van der Waals surface area contributed by atoms with Crippen molar-refractivity contribution in [3.63, 3.8) is 0 Å². The zero-order valence-corrected chi connectivity index (χ0v) is 18.0. The van der Waals surface area contributed by atoms with E-state index in [1.165, 1.54) is 16.4 Å². The van der Waals surface area contributed by atoms with Crippen molar-refractivity contribution in [1.82, 2.24) is 4.31 Å². The first-order chi connectivity index (χ1) is 13.8. The molecule has 29 heavy (non-hydrogen) atoms. The molecule has 2 rings (SSSR count). The lowest BCUT2D eigenvalue weighted by Gasteiger charge is -2.19. The molecule has 0 saturated carbocycles. The number of benzene rings is 2. The second-order valence-corrected chi connectivity index (χ2v) is 8.16. The van der Waals surface area contributed by atoms with Crippen molar-refractivity contribution >= 4 is 16.0 Å². The van der Waals surface area contributed by atoms with E-state index in [1.54, 1.807) is 58.2 Å². The van der Waals surface area contributed by atoms with Crippen LogP contribution in [0.25, 0.3) is 0 Å². The van der Waals surface area contributed by atoms with E-state index in [0.29, 0.717) is 24.4 Å². The Kier molecular flexibility index (Phi) is 8.04. The summed E-state index contributed by atoms with van der Waals surface area (Å²) in [5, 5.41) is 0. The molecular formula is C21H27NO6S. The van der Waals surface area contributed by atoms with E-state index in [4.69, 9.17) is 14.2 Å². The minimum atomic E-state index is -3.65. The van der Waals surface area contributed by atoms with Gasteiger partial charge in [0.15, 0.2) is 0 Å². The van der Waals surface area contributed by atoms with E-state index >= 15 is 0 Å². The van der Waals surface area contributed by atoms with Crippen LogP contribution in [0.2, 0.25) is 0 Å². The highest BCUT2D eigenvalue weighted by Crippen LogP contribution is 2.20. The first-order valence-corrected chi connectivity index (χ1v) is 10.8. The maximum atomic E-state index is 12.7. The predicted octanol–water partition coefficient (Wildman–Crippen LogP) is 3.27. The van der Waals surface area contributed by atoms with Gasteiger partial charge in [0.25, 0.3) is 0 Å². The van der Waals surface area contributed by atoms with Crippen LogP contribution in [0.15, 0.2) is 47.4 Å². The van der Waals surface area contributed by atoms with E-state index in [-0.39, 0.29) is 23.7 Å². The number of carbonyl (C=O) groups excluding carboxylic acids is 1. The molecule has 7 nitrogen and oxygen atoms in total. The molecule has 0 aliphatic rings. The molecule has 0 N–H and O–H groups in total. The molecular weight excluding hydrogens is 394 g/mol. The Morgan fingerprint density at radius 3 is 2.17 bits per heavy atom. The molecule has 0 bridgehead atoms. The van der Waals surface area contributed by atoms with Gasteiger partial charge in [0, 0.05) is 13.1 Å². The molecule has 0 saturated heterocycles. The Bertz CT molecular complexity index is 921. The Labute approximate surface area is 172 Å². The monoisotopic (exact) mass is 421 g/mol. The molecule has 0 spiro atoms. The summed E-state index contributed by atoms with van der Waals surface area (Å²) in [4.78, 5) is 12.5. The highest BCUT2D eigenvalue weighted by atomic mass is 32.2. The van der Waals surface area contributed by atoms with Crippen LogP contribution < -0.4 is 9.47 Å². The smallest absolute Gasteiger partial charge is 0.338 e. The summed E-state index contributed by atoms with van der Waals surface area (Å²) >= 11 is 0. The van der Waals surface area contributed by atoms with E-state index in [2.05, 4.69) is 0 Å². The minimum absolute atomic E-state index is 0.0390. The lowest BCUT2D eigenvalue weighted by atomic mass is 10.1. The highest BCUT2D eigenvalue weighted by molar-refractivity contribution is 7.89. The van der Waals surface area contributed by atoms with E-state index in [0.717, 1.165) is 5.75 Å². The molecule has 0 aromatic heterocycles. The largest absolute Gasteiger partial charge is 0.497 e. The summed E-state index contributed by atoms with van der Waals surface area (Å²) in [6, 6.07) is 11.5. The normalized spacial score (nSPS) is 11.3. The van der Waals surface area contributed by atoms with Crippen molar-refractivity contribution in [2.75, 3.05) is 33.4 Å². The van der Waals surface area contributed by atoms with Crippen molar-refractivity contribution in [3.05, 3.63) is 53.6 Å². The standard InChI is InChI=1S/C21H27NO6S/c1-5-22(6-2)29(24,25)19-12-7-16(3)20(15-19)21(23)28-14-13-27-18-10-8-17(26-4)9-11-18/h7-12,15H,5-6,13-14H2,1-4H3. The molecule has 0 aliphatic heterocycles. The number of nitrogens with zero attached hydrogens (tertiary/aromatic N) is 1. The number of aryl methyl sites for hydroxylation is 1. The third kappa shape index (κ3) is 5.71. The lowest BCUT2D eigenvalue weighted by molar-refractivity contribution is 0.0449. The van der Waals surface area contributed by atoms with Gasteiger partial charge in [-0.1, -0.05) is 19.9 Å². The maximum Gasteiger partial charge on any atom is 0.338 e. The number of hydrogen-bond acceptors (Lipinski definition) is 6. The van der Waals surface area contributed by atoms with E-state index in [9.17, 15) is 13.2 Å². The average Bonchev–Trinajstić information content (AvgIpc) is 2.72. The van der Waals surface area contributed by atoms with Crippen LogP contribution in [0.4, 0.5) is 0 Å². The molecule has 2 aromatic rings. The van der Waals surface area contributed by atoms with Crippen LogP contribution >= 0.6 is 0 Å². The Balaban J connectivity index is 2.01. The predicted molar refractivity (Wildman–Crippen MR) is 110 cm³/mol. The molecule has 2 aromatic carbocycles. The molecule has 0 unspecified atom stereocenters. The molecule has 8 heteroatoms. The first kappa shape index (κ1) is 22.7. The van der Waals surface area contributed by atoms with Crippen LogP contribution in [0, 0.1) is 6.92 Å². The highest BCUT2D eigenvalue weighted by Gasteiger charge is 2.23. The molecule has 0 radical (unpaired) electrons. The number of hydrogen-bond donors (Lipinski definition) is 0. The summed E-state index contributed by atoms with van der Waals surface area (Å²) in [6.45, 7) is 6.20. The molecule has 0 amide bonds. The van der Waals surface area contributed by atoms with Gasteiger partial charge < -0.3 is 14.2 Å².